The number of carbonyl (C=O) groups excluding carboxylic acids is 2. The van der Waals surface area contributed by atoms with E-state index >= 15 is 0 Å². The lowest BCUT2D eigenvalue weighted by atomic mass is 10.1. The summed E-state index contributed by atoms with van der Waals surface area (Å²) in [6.07, 6.45) is 1.17. The number of nitrogens with zero attached hydrogens (tertiary/aromatic N) is 1. The highest BCUT2D eigenvalue weighted by atomic mass is 16.5. The van der Waals surface area contributed by atoms with E-state index in [0.717, 1.165) is 0 Å². The van der Waals surface area contributed by atoms with E-state index in [2.05, 4.69) is 10.5 Å². The number of fused-ring (bicyclic) bond motifs is 1. The van der Waals surface area contributed by atoms with Gasteiger partial charge in [0.1, 0.15) is 0 Å². The van der Waals surface area contributed by atoms with Crippen LogP contribution < -0.4 is 5.43 Å². The molecule has 0 amide bonds. The van der Waals surface area contributed by atoms with Crippen LogP contribution in [-0.4, -0.2) is 44.1 Å². The van der Waals surface area contributed by atoms with Gasteiger partial charge >= 0.3 is 11.9 Å². The molecule has 0 saturated carbocycles. The Kier molecular flexibility index (Phi) is 7.14. The van der Waals surface area contributed by atoms with Crippen LogP contribution in [0.2, 0.25) is 0 Å². The van der Waals surface area contributed by atoms with E-state index in [9.17, 15) is 9.59 Å². The predicted molar refractivity (Wildman–Crippen MR) is 104 cm³/mol. The number of benzene rings is 2. The first-order valence-corrected chi connectivity index (χ1v) is 9.16. The van der Waals surface area contributed by atoms with Crippen LogP contribution >= 0.6 is 0 Å². The number of nitrogens with one attached hydrogen (secondary N) is 1. The van der Waals surface area contributed by atoms with Crippen molar-refractivity contribution in [2.24, 2.45) is 5.10 Å². The molecule has 2 aromatic rings. The van der Waals surface area contributed by atoms with Crippen LogP contribution in [0.25, 0.3) is 0 Å². The molecule has 1 heterocycles. The van der Waals surface area contributed by atoms with E-state index in [4.69, 9.17) is 14.2 Å². The number of esters is 2. The number of anilines is 1. The van der Waals surface area contributed by atoms with Gasteiger partial charge in [-0.3, -0.25) is 5.43 Å². The molecular weight excluding hydrogens is 360 g/mol. The molecule has 2 aromatic carbocycles. The molecule has 0 spiro atoms. The summed E-state index contributed by atoms with van der Waals surface area (Å²) in [5, 5.41) is 4.23. The number of hydrogen-bond acceptors (Lipinski definition) is 7. The fourth-order valence-electron chi connectivity index (χ4n) is 2.60. The molecule has 0 bridgehead atoms. The molecule has 7 heteroatoms. The van der Waals surface area contributed by atoms with Crippen molar-refractivity contribution in [3.05, 3.63) is 65.7 Å². The van der Waals surface area contributed by atoms with Crippen LogP contribution in [0.4, 0.5) is 5.69 Å². The Morgan fingerprint density at radius 1 is 0.750 bits per heavy atom. The Labute approximate surface area is 163 Å². The van der Waals surface area contributed by atoms with E-state index in [1.54, 1.807) is 36.4 Å². The molecule has 1 aliphatic rings. The van der Waals surface area contributed by atoms with Crippen LogP contribution in [-0.2, 0) is 19.0 Å². The first-order chi connectivity index (χ1) is 13.8. The van der Waals surface area contributed by atoms with E-state index in [-0.39, 0.29) is 18.9 Å². The van der Waals surface area contributed by atoms with Crippen molar-refractivity contribution in [2.75, 3.05) is 31.9 Å². The van der Waals surface area contributed by atoms with Crippen molar-refractivity contribution >= 4 is 23.3 Å². The van der Waals surface area contributed by atoms with Gasteiger partial charge < -0.3 is 14.2 Å². The molecule has 28 heavy (non-hydrogen) atoms. The lowest BCUT2D eigenvalue weighted by Gasteiger charge is -2.12. The van der Waals surface area contributed by atoms with Gasteiger partial charge in [0.05, 0.1) is 24.5 Å². The molecule has 7 nitrogen and oxygen atoms in total. The van der Waals surface area contributed by atoms with Gasteiger partial charge in [-0.25, -0.2) is 9.59 Å². The summed E-state index contributed by atoms with van der Waals surface area (Å²) in [7, 11) is 0. The summed E-state index contributed by atoms with van der Waals surface area (Å²) >= 11 is 0. The van der Waals surface area contributed by atoms with Crippen molar-refractivity contribution in [3.63, 3.8) is 0 Å². The SMILES string of the molecule is O=C1OCCCOCCCOC(=O)c2ccccc2N/N=C/1c1ccccc1. The van der Waals surface area contributed by atoms with Crippen molar-refractivity contribution < 1.29 is 23.8 Å². The number of cyclic esters (lactones) is 2. The monoisotopic (exact) mass is 382 g/mol. The smallest absolute Gasteiger partial charge is 0.359 e. The van der Waals surface area contributed by atoms with Gasteiger partial charge in [0.15, 0.2) is 5.71 Å². The summed E-state index contributed by atoms with van der Waals surface area (Å²) in [5.74, 6) is -1.01. The molecule has 0 atom stereocenters. The highest BCUT2D eigenvalue weighted by Crippen LogP contribution is 2.17. The van der Waals surface area contributed by atoms with E-state index < -0.39 is 11.9 Å². The number of hydrazone groups is 1. The van der Waals surface area contributed by atoms with Gasteiger partial charge in [-0.2, -0.15) is 5.10 Å². The summed E-state index contributed by atoms with van der Waals surface area (Å²) in [4.78, 5) is 24.9. The Morgan fingerprint density at radius 3 is 2.14 bits per heavy atom. The Balaban J connectivity index is 1.90. The maximum Gasteiger partial charge on any atom is 0.359 e. The Hall–Kier alpha value is -3.19. The summed E-state index contributed by atoms with van der Waals surface area (Å²) in [6, 6.07) is 15.8. The van der Waals surface area contributed by atoms with E-state index in [0.29, 0.717) is 42.9 Å². The number of rotatable bonds is 1. The van der Waals surface area contributed by atoms with Crippen LogP contribution in [0.15, 0.2) is 59.7 Å². The molecule has 0 fully saturated rings. The summed E-state index contributed by atoms with van der Waals surface area (Å²) in [5.41, 5.74) is 4.32. The van der Waals surface area contributed by atoms with Gasteiger partial charge in [-0.05, 0) is 12.1 Å². The largest absolute Gasteiger partial charge is 0.462 e. The molecule has 0 aliphatic carbocycles. The molecule has 0 radical (unpaired) electrons. The van der Waals surface area contributed by atoms with Gasteiger partial charge in [-0.15, -0.1) is 0 Å². The molecule has 146 valence electrons. The van der Waals surface area contributed by atoms with Crippen molar-refractivity contribution in [1.29, 1.82) is 0 Å². The Bertz CT molecular complexity index is 836. The third-order valence-corrected chi connectivity index (χ3v) is 4.01. The zero-order valence-electron chi connectivity index (χ0n) is 15.4. The van der Waals surface area contributed by atoms with Crippen molar-refractivity contribution in [2.45, 2.75) is 12.8 Å². The van der Waals surface area contributed by atoms with E-state index in [1.807, 2.05) is 18.2 Å². The van der Waals surface area contributed by atoms with Gasteiger partial charge in [-0.1, -0.05) is 42.5 Å². The van der Waals surface area contributed by atoms with Crippen LogP contribution in [0.1, 0.15) is 28.8 Å². The van der Waals surface area contributed by atoms with Crippen molar-refractivity contribution in [3.8, 4) is 0 Å². The summed E-state index contributed by atoms with van der Waals surface area (Å²) < 4.78 is 16.1. The standard InChI is InChI=1S/C21H22N2O5/c24-20-17-10-4-5-11-18(17)22-23-19(16-8-2-1-3-9-16)21(25)28-15-7-13-26-12-6-14-27-20/h1-5,8-11,22H,6-7,12-15H2/b23-19+. The minimum Gasteiger partial charge on any atom is -0.462 e. The van der Waals surface area contributed by atoms with E-state index in [1.165, 1.54) is 0 Å². The van der Waals surface area contributed by atoms with Crippen LogP contribution in [0.5, 0.6) is 0 Å². The molecule has 1 N–H and O–H groups in total. The third kappa shape index (κ3) is 5.40. The molecule has 0 saturated heterocycles. The number of hydrogen-bond donors (Lipinski definition) is 1. The normalized spacial score (nSPS) is 18.6. The maximum atomic E-state index is 12.6. The van der Waals surface area contributed by atoms with Gasteiger partial charge in [0.2, 0.25) is 0 Å². The maximum absolute atomic E-state index is 12.6. The second-order valence-corrected chi connectivity index (χ2v) is 6.08. The highest BCUT2D eigenvalue weighted by molar-refractivity contribution is 6.43. The zero-order chi connectivity index (χ0) is 19.6. The first kappa shape index (κ1) is 19.6. The molecule has 3 rings (SSSR count). The lowest BCUT2D eigenvalue weighted by Crippen LogP contribution is -2.22. The fraction of sp³-hybridized carbons (Fsp3) is 0.286. The minimum atomic E-state index is -0.550. The highest BCUT2D eigenvalue weighted by Gasteiger charge is 2.17. The lowest BCUT2D eigenvalue weighted by molar-refractivity contribution is -0.135. The first-order valence-electron chi connectivity index (χ1n) is 9.16. The number of ether oxygens (including phenoxy) is 3. The zero-order valence-corrected chi connectivity index (χ0v) is 15.4. The molecule has 0 unspecified atom stereocenters. The predicted octanol–water partition coefficient (Wildman–Crippen LogP) is 3.01. The number of para-hydroxylation sites is 1. The minimum absolute atomic E-state index is 0.122. The molecule has 1 aliphatic heterocycles. The molecular formula is C21H22N2O5. The van der Waals surface area contributed by atoms with Gasteiger partial charge in [0, 0.05) is 31.6 Å². The van der Waals surface area contributed by atoms with Gasteiger partial charge in [0.25, 0.3) is 0 Å². The third-order valence-electron chi connectivity index (χ3n) is 4.01. The topological polar surface area (TPSA) is 86.2 Å². The second-order valence-electron chi connectivity index (χ2n) is 6.08. The average molecular weight is 382 g/mol. The number of carbonyl (C=O) groups is 2. The quantitative estimate of drug-likeness (QED) is 0.763. The fourth-order valence-corrected chi connectivity index (χ4v) is 2.60. The second kappa shape index (κ2) is 10.2. The van der Waals surface area contributed by atoms with Crippen LogP contribution in [0.3, 0.4) is 0 Å². The van der Waals surface area contributed by atoms with Crippen molar-refractivity contribution in [1.82, 2.24) is 0 Å². The summed E-state index contributed by atoms with van der Waals surface area (Å²) in [6.45, 7) is 1.43. The van der Waals surface area contributed by atoms with Crippen LogP contribution in [0, 0.1) is 0 Å². The average Bonchev–Trinajstić information content (AvgIpc) is 2.73. The molecule has 0 aromatic heterocycles. The Morgan fingerprint density at radius 2 is 1.39 bits per heavy atom.